The second-order valence-corrected chi connectivity index (χ2v) is 8.42. The van der Waals surface area contributed by atoms with Crippen LogP contribution in [0.3, 0.4) is 0 Å². The van der Waals surface area contributed by atoms with Gasteiger partial charge in [-0.1, -0.05) is 60.7 Å². The second kappa shape index (κ2) is 9.77. The van der Waals surface area contributed by atoms with Gasteiger partial charge in [0.05, 0.1) is 5.92 Å². The van der Waals surface area contributed by atoms with Crippen molar-refractivity contribution in [3.05, 3.63) is 71.8 Å². The average molecular weight is 420 g/mol. The normalized spacial score (nSPS) is 23.1. The molecule has 4 rings (SSSR count). The maximum absolute atomic E-state index is 13.0. The molecule has 3 atom stereocenters. The van der Waals surface area contributed by atoms with Gasteiger partial charge >= 0.3 is 6.03 Å². The molecular formula is C25H29N3O3. The number of urea groups is 1. The first-order valence-corrected chi connectivity index (χ1v) is 11.1. The van der Waals surface area contributed by atoms with Crippen molar-refractivity contribution in [1.29, 1.82) is 0 Å². The SMILES string of the molecule is O=C(NCCc1ccccc1)C1CCC2C(=O)N(CCc3ccccc3)C(=O)NC2C1. The van der Waals surface area contributed by atoms with E-state index in [-0.39, 0.29) is 35.7 Å². The molecule has 1 aliphatic carbocycles. The maximum Gasteiger partial charge on any atom is 0.324 e. The number of carbonyl (C=O) groups excluding carboxylic acids is 3. The third-order valence-corrected chi connectivity index (χ3v) is 6.38. The molecule has 31 heavy (non-hydrogen) atoms. The minimum Gasteiger partial charge on any atom is -0.356 e. The van der Waals surface area contributed by atoms with Crippen molar-refractivity contribution in [2.24, 2.45) is 11.8 Å². The zero-order chi connectivity index (χ0) is 21.6. The monoisotopic (exact) mass is 419 g/mol. The summed E-state index contributed by atoms with van der Waals surface area (Å²) in [5.41, 5.74) is 2.29. The predicted molar refractivity (Wildman–Crippen MR) is 118 cm³/mol. The average Bonchev–Trinajstić information content (AvgIpc) is 2.80. The van der Waals surface area contributed by atoms with Crippen LogP contribution in [0.25, 0.3) is 0 Å². The highest BCUT2D eigenvalue weighted by Crippen LogP contribution is 2.33. The van der Waals surface area contributed by atoms with Crippen molar-refractivity contribution >= 4 is 17.8 Å². The van der Waals surface area contributed by atoms with Crippen molar-refractivity contribution in [3.8, 4) is 0 Å². The molecule has 0 bridgehead atoms. The number of amides is 4. The summed E-state index contributed by atoms with van der Waals surface area (Å²) in [6, 6.07) is 19.3. The Bertz CT molecular complexity index is 916. The van der Waals surface area contributed by atoms with Gasteiger partial charge in [-0.05, 0) is 43.2 Å². The van der Waals surface area contributed by atoms with E-state index in [0.717, 1.165) is 12.0 Å². The van der Waals surface area contributed by atoms with Crippen LogP contribution in [0.2, 0.25) is 0 Å². The van der Waals surface area contributed by atoms with Gasteiger partial charge in [0, 0.05) is 25.0 Å². The lowest BCUT2D eigenvalue weighted by Gasteiger charge is -2.42. The number of rotatable bonds is 7. The lowest BCUT2D eigenvalue weighted by Crippen LogP contribution is -2.62. The molecule has 0 radical (unpaired) electrons. The van der Waals surface area contributed by atoms with Crippen LogP contribution >= 0.6 is 0 Å². The zero-order valence-electron chi connectivity index (χ0n) is 17.6. The van der Waals surface area contributed by atoms with Crippen LogP contribution in [0.5, 0.6) is 0 Å². The molecule has 2 N–H and O–H groups in total. The molecule has 6 nitrogen and oxygen atoms in total. The maximum atomic E-state index is 13.0. The van der Waals surface area contributed by atoms with Gasteiger partial charge in [-0.3, -0.25) is 14.5 Å². The number of benzene rings is 2. The summed E-state index contributed by atoms with van der Waals surface area (Å²) in [5.74, 6) is -0.488. The van der Waals surface area contributed by atoms with Crippen LogP contribution < -0.4 is 10.6 Å². The molecule has 2 aromatic carbocycles. The predicted octanol–water partition coefficient (Wildman–Crippen LogP) is 2.92. The fraction of sp³-hybridized carbons (Fsp3) is 0.400. The van der Waals surface area contributed by atoms with Crippen molar-refractivity contribution < 1.29 is 14.4 Å². The Morgan fingerprint density at radius 3 is 2.26 bits per heavy atom. The lowest BCUT2D eigenvalue weighted by atomic mass is 9.76. The van der Waals surface area contributed by atoms with E-state index < -0.39 is 0 Å². The number of carbonyl (C=O) groups is 3. The number of imide groups is 1. The van der Waals surface area contributed by atoms with Gasteiger partial charge in [0.2, 0.25) is 11.8 Å². The second-order valence-electron chi connectivity index (χ2n) is 8.42. The summed E-state index contributed by atoms with van der Waals surface area (Å²) in [6.45, 7) is 0.966. The topological polar surface area (TPSA) is 78.5 Å². The van der Waals surface area contributed by atoms with E-state index in [2.05, 4.69) is 10.6 Å². The Hall–Kier alpha value is -3.15. The summed E-state index contributed by atoms with van der Waals surface area (Å²) < 4.78 is 0. The van der Waals surface area contributed by atoms with E-state index in [4.69, 9.17) is 0 Å². The first-order chi connectivity index (χ1) is 15.1. The van der Waals surface area contributed by atoms with E-state index in [1.165, 1.54) is 10.5 Å². The summed E-state index contributed by atoms with van der Waals surface area (Å²) >= 11 is 0. The number of hydrogen-bond acceptors (Lipinski definition) is 3. The van der Waals surface area contributed by atoms with Crippen molar-refractivity contribution in [3.63, 3.8) is 0 Å². The minimum absolute atomic E-state index is 0.0163. The number of nitrogens with zero attached hydrogens (tertiary/aromatic N) is 1. The molecule has 2 fully saturated rings. The van der Waals surface area contributed by atoms with E-state index in [1.54, 1.807) is 0 Å². The molecule has 0 aromatic heterocycles. The lowest BCUT2D eigenvalue weighted by molar-refractivity contribution is -0.139. The van der Waals surface area contributed by atoms with Crippen LogP contribution in [0.15, 0.2) is 60.7 Å². The van der Waals surface area contributed by atoms with Gasteiger partial charge in [0.1, 0.15) is 0 Å². The van der Waals surface area contributed by atoms with Crippen LogP contribution in [0.1, 0.15) is 30.4 Å². The number of hydrogen-bond donors (Lipinski definition) is 2. The van der Waals surface area contributed by atoms with Gasteiger partial charge in [-0.15, -0.1) is 0 Å². The molecule has 3 unspecified atom stereocenters. The highest BCUT2D eigenvalue weighted by Gasteiger charge is 2.45. The third-order valence-electron chi connectivity index (χ3n) is 6.38. The third kappa shape index (κ3) is 5.13. The quantitative estimate of drug-likeness (QED) is 0.724. The minimum atomic E-state index is -0.340. The smallest absolute Gasteiger partial charge is 0.324 e. The first-order valence-electron chi connectivity index (χ1n) is 11.1. The Labute approximate surface area is 183 Å². The summed E-state index contributed by atoms with van der Waals surface area (Å²) in [5, 5.41) is 6.01. The Kier molecular flexibility index (Phi) is 6.65. The molecule has 1 saturated heterocycles. The molecular weight excluding hydrogens is 390 g/mol. The van der Waals surface area contributed by atoms with Gasteiger partial charge in [0.25, 0.3) is 0 Å². The number of fused-ring (bicyclic) bond motifs is 1. The Balaban J connectivity index is 1.28. The zero-order valence-corrected chi connectivity index (χ0v) is 17.6. The fourth-order valence-corrected chi connectivity index (χ4v) is 4.62. The van der Waals surface area contributed by atoms with Crippen LogP contribution in [-0.4, -0.2) is 41.9 Å². The van der Waals surface area contributed by atoms with Crippen molar-refractivity contribution in [2.45, 2.75) is 38.1 Å². The van der Waals surface area contributed by atoms with Gasteiger partial charge in [-0.2, -0.15) is 0 Å². The molecule has 1 heterocycles. The standard InChI is InChI=1S/C25H29N3O3/c29-23(26-15-13-18-7-3-1-4-8-18)20-11-12-21-22(17-20)27-25(31)28(24(21)30)16-14-19-9-5-2-6-10-19/h1-10,20-22H,11-17H2,(H,26,29)(H,27,31). The van der Waals surface area contributed by atoms with Crippen LogP contribution in [0, 0.1) is 11.8 Å². The van der Waals surface area contributed by atoms with Gasteiger partial charge in [0.15, 0.2) is 0 Å². The molecule has 1 saturated carbocycles. The molecule has 2 aromatic rings. The Morgan fingerprint density at radius 2 is 1.58 bits per heavy atom. The molecule has 0 spiro atoms. The molecule has 6 heteroatoms. The molecule has 4 amide bonds. The van der Waals surface area contributed by atoms with E-state index >= 15 is 0 Å². The van der Waals surface area contributed by atoms with E-state index in [0.29, 0.717) is 38.8 Å². The molecule has 1 aliphatic heterocycles. The highest BCUT2D eigenvalue weighted by atomic mass is 16.2. The summed E-state index contributed by atoms with van der Waals surface area (Å²) in [4.78, 5) is 39.5. The first kappa shape index (κ1) is 21.1. The summed E-state index contributed by atoms with van der Waals surface area (Å²) in [6.07, 6.45) is 3.25. The van der Waals surface area contributed by atoms with Crippen molar-refractivity contribution in [2.75, 3.05) is 13.1 Å². The highest BCUT2D eigenvalue weighted by molar-refractivity contribution is 5.99. The Morgan fingerprint density at radius 1 is 0.935 bits per heavy atom. The fourth-order valence-electron chi connectivity index (χ4n) is 4.62. The van der Waals surface area contributed by atoms with E-state index in [9.17, 15) is 14.4 Å². The van der Waals surface area contributed by atoms with Crippen LogP contribution in [0.4, 0.5) is 4.79 Å². The van der Waals surface area contributed by atoms with Crippen molar-refractivity contribution in [1.82, 2.24) is 15.5 Å². The molecule has 162 valence electrons. The van der Waals surface area contributed by atoms with E-state index in [1.807, 2.05) is 60.7 Å². The number of nitrogens with one attached hydrogen (secondary N) is 2. The van der Waals surface area contributed by atoms with Gasteiger partial charge < -0.3 is 10.6 Å². The van der Waals surface area contributed by atoms with Gasteiger partial charge in [-0.25, -0.2) is 4.79 Å². The molecule has 2 aliphatic rings. The largest absolute Gasteiger partial charge is 0.356 e. The van der Waals surface area contributed by atoms with Crippen LogP contribution in [-0.2, 0) is 22.4 Å². The summed E-state index contributed by atoms with van der Waals surface area (Å²) in [7, 11) is 0.